The normalized spacial score (nSPS) is 10.3. The van der Waals surface area contributed by atoms with Gasteiger partial charge in [-0.05, 0) is 24.3 Å². The number of hydrogen-bond donors (Lipinski definition) is 2. The van der Waals surface area contributed by atoms with Crippen molar-refractivity contribution in [3.63, 3.8) is 0 Å². The minimum atomic E-state index is -1.22. The summed E-state index contributed by atoms with van der Waals surface area (Å²) in [5.74, 6) is -4.50. The summed E-state index contributed by atoms with van der Waals surface area (Å²) >= 11 is 0. The minimum absolute atomic E-state index is 0.344. The van der Waals surface area contributed by atoms with Crippen molar-refractivity contribution in [2.45, 2.75) is 0 Å². The molecule has 1 heterocycles. The van der Waals surface area contributed by atoms with Crippen LogP contribution in [0.5, 0.6) is 5.75 Å². The molecule has 2 aromatic rings. The summed E-state index contributed by atoms with van der Waals surface area (Å²) in [6.07, 6.45) is 0. The van der Waals surface area contributed by atoms with E-state index >= 15 is 0 Å². The third kappa shape index (κ3) is 2.82. The zero-order valence-corrected chi connectivity index (χ0v) is 9.32. The van der Waals surface area contributed by atoms with Gasteiger partial charge in [-0.2, -0.15) is 13.8 Å². The highest BCUT2D eigenvalue weighted by Gasteiger charge is 2.15. The molecule has 7 heteroatoms. The highest BCUT2D eigenvalue weighted by molar-refractivity contribution is 6.04. The van der Waals surface area contributed by atoms with Crippen molar-refractivity contribution in [2.75, 3.05) is 5.32 Å². The second-order valence-corrected chi connectivity index (χ2v) is 3.59. The summed E-state index contributed by atoms with van der Waals surface area (Å²) in [5.41, 5.74) is -0.764. The number of phenolic OH excluding ortho intramolecular Hbond substituents is 1. The molecule has 0 radical (unpaired) electrons. The number of anilines is 1. The number of pyridine rings is 1. The Kier molecular flexibility index (Phi) is 3.37. The molecular weight excluding hydrogens is 261 g/mol. The Hall–Kier alpha value is -2.57. The van der Waals surface area contributed by atoms with Gasteiger partial charge in [-0.1, -0.05) is 0 Å². The largest absolute Gasteiger partial charge is 0.508 e. The van der Waals surface area contributed by atoms with E-state index < -0.39 is 23.6 Å². The van der Waals surface area contributed by atoms with Gasteiger partial charge in [0.15, 0.2) is 0 Å². The molecule has 0 atom stereocenters. The number of halogens is 3. The molecule has 1 aromatic carbocycles. The van der Waals surface area contributed by atoms with E-state index in [0.717, 1.165) is 30.3 Å². The third-order valence-corrected chi connectivity index (χ3v) is 2.26. The van der Waals surface area contributed by atoms with Gasteiger partial charge in [0.2, 0.25) is 11.9 Å². The predicted octanol–water partition coefficient (Wildman–Crippen LogP) is 2.46. The molecule has 0 aliphatic carbocycles. The van der Waals surface area contributed by atoms with E-state index in [9.17, 15) is 18.0 Å². The maximum absolute atomic E-state index is 13.4. The average molecular weight is 268 g/mol. The second-order valence-electron chi connectivity index (χ2n) is 3.59. The Morgan fingerprint density at radius 2 is 1.89 bits per heavy atom. The van der Waals surface area contributed by atoms with E-state index in [1.165, 1.54) is 0 Å². The molecule has 4 nitrogen and oxygen atoms in total. The molecule has 0 saturated carbocycles. The highest BCUT2D eigenvalue weighted by Crippen LogP contribution is 2.18. The van der Waals surface area contributed by atoms with Crippen LogP contribution in [-0.2, 0) is 0 Å². The van der Waals surface area contributed by atoms with Crippen molar-refractivity contribution in [2.24, 2.45) is 0 Å². The number of hydrogen-bond acceptors (Lipinski definition) is 3. The van der Waals surface area contributed by atoms with Crippen molar-refractivity contribution >= 4 is 11.6 Å². The number of amides is 1. The van der Waals surface area contributed by atoms with Crippen molar-refractivity contribution in [3.8, 4) is 5.75 Å². The first kappa shape index (κ1) is 12.9. The monoisotopic (exact) mass is 268 g/mol. The molecular formula is C12H7F3N2O2. The Morgan fingerprint density at radius 1 is 1.16 bits per heavy atom. The quantitative estimate of drug-likeness (QED) is 0.822. The van der Waals surface area contributed by atoms with Crippen LogP contribution < -0.4 is 5.32 Å². The molecule has 0 saturated heterocycles. The first-order valence-electron chi connectivity index (χ1n) is 5.09. The maximum Gasteiger partial charge on any atom is 0.258 e. The number of rotatable bonds is 2. The van der Waals surface area contributed by atoms with Gasteiger partial charge in [-0.15, -0.1) is 0 Å². The van der Waals surface area contributed by atoms with Gasteiger partial charge in [0.1, 0.15) is 11.6 Å². The van der Waals surface area contributed by atoms with E-state index in [1.807, 2.05) is 5.32 Å². The van der Waals surface area contributed by atoms with Crippen LogP contribution in [0.25, 0.3) is 0 Å². The number of benzene rings is 1. The molecule has 2 rings (SSSR count). The predicted molar refractivity (Wildman–Crippen MR) is 60.2 cm³/mol. The van der Waals surface area contributed by atoms with Crippen LogP contribution in [0, 0.1) is 17.7 Å². The summed E-state index contributed by atoms with van der Waals surface area (Å²) in [7, 11) is 0. The number of carbonyl (C=O) groups excluding carboxylic acids is 1. The number of nitrogens with one attached hydrogen (secondary N) is 1. The Labute approximate surface area is 105 Å². The topological polar surface area (TPSA) is 62.2 Å². The Bertz CT molecular complexity index is 647. The van der Waals surface area contributed by atoms with Gasteiger partial charge in [0.05, 0.1) is 11.3 Å². The second kappa shape index (κ2) is 4.97. The molecule has 98 valence electrons. The third-order valence-electron chi connectivity index (χ3n) is 2.26. The number of aromatic nitrogens is 1. The summed E-state index contributed by atoms with van der Waals surface area (Å²) in [6, 6.07) is 4.71. The Morgan fingerprint density at radius 3 is 2.53 bits per heavy atom. The standard InChI is InChI=1S/C12H7F3N2O2/c13-8-5-6(18)1-2-7(8)12(19)16-9-3-4-10(14)17-11(9)15/h1-5,18H,(H,16,19). The van der Waals surface area contributed by atoms with Gasteiger partial charge in [0, 0.05) is 6.07 Å². The van der Waals surface area contributed by atoms with Gasteiger partial charge >= 0.3 is 0 Å². The molecule has 1 amide bonds. The van der Waals surface area contributed by atoms with E-state index in [4.69, 9.17) is 5.11 Å². The van der Waals surface area contributed by atoms with Crippen LogP contribution >= 0.6 is 0 Å². The molecule has 0 bridgehead atoms. The fraction of sp³-hybridized carbons (Fsp3) is 0. The molecule has 1 aromatic heterocycles. The molecule has 0 fully saturated rings. The van der Waals surface area contributed by atoms with Crippen LogP contribution in [0.15, 0.2) is 30.3 Å². The number of aromatic hydroxyl groups is 1. The van der Waals surface area contributed by atoms with Crippen LogP contribution in [0.3, 0.4) is 0 Å². The lowest BCUT2D eigenvalue weighted by Crippen LogP contribution is -2.15. The van der Waals surface area contributed by atoms with Gasteiger partial charge < -0.3 is 10.4 Å². The first-order valence-corrected chi connectivity index (χ1v) is 5.09. The van der Waals surface area contributed by atoms with Crippen LogP contribution in [0.2, 0.25) is 0 Å². The van der Waals surface area contributed by atoms with Crippen LogP contribution in [0.4, 0.5) is 18.9 Å². The molecule has 0 aliphatic rings. The summed E-state index contributed by atoms with van der Waals surface area (Å²) in [5, 5.41) is 11.0. The van der Waals surface area contributed by atoms with E-state index in [1.54, 1.807) is 0 Å². The number of nitrogens with zero attached hydrogens (tertiary/aromatic N) is 1. The number of carbonyl (C=O) groups is 1. The molecule has 0 aliphatic heterocycles. The molecule has 0 spiro atoms. The summed E-state index contributed by atoms with van der Waals surface area (Å²) in [4.78, 5) is 14.5. The fourth-order valence-electron chi connectivity index (χ4n) is 1.38. The smallest absolute Gasteiger partial charge is 0.258 e. The fourth-order valence-corrected chi connectivity index (χ4v) is 1.38. The molecule has 0 unspecified atom stereocenters. The van der Waals surface area contributed by atoms with Crippen LogP contribution in [-0.4, -0.2) is 16.0 Å². The van der Waals surface area contributed by atoms with Gasteiger partial charge in [-0.25, -0.2) is 4.39 Å². The van der Waals surface area contributed by atoms with Crippen LogP contribution in [0.1, 0.15) is 10.4 Å². The van der Waals surface area contributed by atoms with Crippen molar-refractivity contribution in [3.05, 3.63) is 53.6 Å². The molecule has 19 heavy (non-hydrogen) atoms. The average Bonchev–Trinajstić information content (AvgIpc) is 2.32. The zero-order valence-electron chi connectivity index (χ0n) is 9.32. The highest BCUT2D eigenvalue weighted by atomic mass is 19.1. The SMILES string of the molecule is O=C(Nc1ccc(F)nc1F)c1ccc(O)cc1F. The van der Waals surface area contributed by atoms with E-state index in [0.29, 0.717) is 0 Å². The summed E-state index contributed by atoms with van der Waals surface area (Å²) in [6.45, 7) is 0. The van der Waals surface area contributed by atoms with Crippen molar-refractivity contribution in [1.29, 1.82) is 0 Å². The lowest BCUT2D eigenvalue weighted by molar-refractivity contribution is 0.102. The molecule has 2 N–H and O–H groups in total. The van der Waals surface area contributed by atoms with Crippen molar-refractivity contribution in [1.82, 2.24) is 4.98 Å². The lowest BCUT2D eigenvalue weighted by Gasteiger charge is -2.06. The first-order chi connectivity index (χ1) is 8.97. The Balaban J connectivity index is 2.25. The maximum atomic E-state index is 13.4. The van der Waals surface area contributed by atoms with E-state index in [2.05, 4.69) is 4.98 Å². The number of phenols is 1. The zero-order chi connectivity index (χ0) is 14.0. The van der Waals surface area contributed by atoms with Gasteiger partial charge in [-0.3, -0.25) is 4.79 Å². The van der Waals surface area contributed by atoms with Gasteiger partial charge in [0.25, 0.3) is 5.91 Å². The lowest BCUT2D eigenvalue weighted by atomic mass is 10.2. The summed E-state index contributed by atoms with van der Waals surface area (Å²) < 4.78 is 39.1. The minimum Gasteiger partial charge on any atom is -0.508 e. The van der Waals surface area contributed by atoms with Crippen molar-refractivity contribution < 1.29 is 23.1 Å². The van der Waals surface area contributed by atoms with E-state index in [-0.39, 0.29) is 17.0 Å².